The molecule has 104 valence electrons. The molecule has 3 rings (SSSR count). The fourth-order valence-electron chi connectivity index (χ4n) is 2.19. The Bertz CT molecular complexity index is 711. The summed E-state index contributed by atoms with van der Waals surface area (Å²) in [6.45, 7) is 5.80. The lowest BCUT2D eigenvalue weighted by molar-refractivity contribution is 0.467. The van der Waals surface area contributed by atoms with Crippen LogP contribution in [-0.4, -0.2) is 0 Å². The first kappa shape index (κ1) is 13.8. The van der Waals surface area contributed by atoms with Crippen LogP contribution in [0, 0.1) is 6.92 Å². The van der Waals surface area contributed by atoms with E-state index in [1.807, 2.05) is 30.4 Å². The number of para-hydroxylation sites is 1. The van der Waals surface area contributed by atoms with Crippen molar-refractivity contribution < 1.29 is 4.74 Å². The molecule has 0 radical (unpaired) electrons. The Labute approximate surface area is 128 Å². The van der Waals surface area contributed by atoms with Gasteiger partial charge in [-0.05, 0) is 31.2 Å². The highest BCUT2D eigenvalue weighted by molar-refractivity contribution is 8.00. The number of fused-ring (bicyclic) bond motifs is 1. The van der Waals surface area contributed by atoms with Gasteiger partial charge in [-0.1, -0.05) is 54.6 Å². The standard InChI is InChI=1S/C19H17OS/c1-3-4-5-10-19-20-17-8-6-7-9-18(17)21(19)16-13-11-15(2)12-14-16/h3-14H,1H2,2H3/q+1/b5-4-,19-10-. The molecule has 2 aromatic carbocycles. The summed E-state index contributed by atoms with van der Waals surface area (Å²) in [7, 11) is -0.162. The van der Waals surface area contributed by atoms with Gasteiger partial charge in [-0.3, -0.25) is 0 Å². The first-order valence-corrected chi connectivity index (χ1v) is 8.09. The summed E-state index contributed by atoms with van der Waals surface area (Å²) in [5.41, 5.74) is 1.27. The van der Waals surface area contributed by atoms with Crippen LogP contribution in [-0.2, 0) is 10.9 Å². The second kappa shape index (κ2) is 6.06. The van der Waals surface area contributed by atoms with Crippen LogP contribution in [0.4, 0.5) is 0 Å². The maximum atomic E-state index is 6.04. The van der Waals surface area contributed by atoms with Gasteiger partial charge >= 0.3 is 5.09 Å². The molecule has 0 saturated carbocycles. The molecule has 0 aliphatic carbocycles. The van der Waals surface area contributed by atoms with Gasteiger partial charge < -0.3 is 4.74 Å². The van der Waals surface area contributed by atoms with E-state index in [0.29, 0.717) is 0 Å². The smallest absolute Gasteiger partial charge is 0.325 e. The molecule has 1 aliphatic heterocycles. The fraction of sp³-hybridized carbons (Fsp3) is 0.0526. The van der Waals surface area contributed by atoms with Crippen LogP contribution in [0.15, 0.2) is 94.3 Å². The second-order valence-corrected chi connectivity index (χ2v) is 6.70. The molecule has 0 N–H and O–H groups in total. The second-order valence-electron chi connectivity index (χ2n) is 4.77. The van der Waals surface area contributed by atoms with E-state index in [-0.39, 0.29) is 10.9 Å². The summed E-state index contributed by atoms with van der Waals surface area (Å²) in [5.74, 6) is 0.958. The van der Waals surface area contributed by atoms with Crippen molar-refractivity contribution in [3.8, 4) is 5.75 Å². The van der Waals surface area contributed by atoms with Crippen LogP contribution in [0.1, 0.15) is 5.56 Å². The minimum atomic E-state index is -0.162. The van der Waals surface area contributed by atoms with E-state index in [4.69, 9.17) is 4.74 Å². The number of hydrogen-bond donors (Lipinski definition) is 0. The highest BCUT2D eigenvalue weighted by Crippen LogP contribution is 2.43. The van der Waals surface area contributed by atoms with Crippen molar-refractivity contribution in [1.29, 1.82) is 0 Å². The normalized spacial score (nSPS) is 18.7. The molecule has 1 unspecified atom stereocenters. The van der Waals surface area contributed by atoms with Gasteiger partial charge in [0, 0.05) is 6.08 Å². The SMILES string of the molecule is C=C/C=C\C=C1\Oc2ccccc2[S+]1c1ccc(C)cc1. The summed E-state index contributed by atoms with van der Waals surface area (Å²) < 4.78 is 6.04. The lowest BCUT2D eigenvalue weighted by Gasteiger charge is -2.00. The highest BCUT2D eigenvalue weighted by atomic mass is 32.2. The van der Waals surface area contributed by atoms with Crippen molar-refractivity contribution in [2.24, 2.45) is 0 Å². The fourth-order valence-corrected chi connectivity index (χ4v) is 4.22. The van der Waals surface area contributed by atoms with E-state index >= 15 is 0 Å². The van der Waals surface area contributed by atoms with Crippen LogP contribution in [0.5, 0.6) is 5.75 Å². The van der Waals surface area contributed by atoms with E-state index in [0.717, 1.165) is 10.8 Å². The molecular weight excluding hydrogens is 276 g/mol. The topological polar surface area (TPSA) is 9.23 Å². The number of hydrogen-bond acceptors (Lipinski definition) is 1. The van der Waals surface area contributed by atoms with E-state index in [1.54, 1.807) is 6.08 Å². The number of aryl methyl sites for hydroxylation is 1. The van der Waals surface area contributed by atoms with E-state index in [1.165, 1.54) is 15.4 Å². The monoisotopic (exact) mass is 293 g/mol. The third-order valence-electron chi connectivity index (χ3n) is 3.22. The van der Waals surface area contributed by atoms with Gasteiger partial charge in [0.25, 0.3) is 0 Å². The van der Waals surface area contributed by atoms with E-state index in [2.05, 4.69) is 49.9 Å². The van der Waals surface area contributed by atoms with Crippen LogP contribution in [0.25, 0.3) is 0 Å². The van der Waals surface area contributed by atoms with Crippen molar-refractivity contribution in [3.05, 3.63) is 90.1 Å². The summed E-state index contributed by atoms with van der Waals surface area (Å²) >= 11 is 0. The van der Waals surface area contributed by atoms with Gasteiger partial charge in [0.05, 0.1) is 0 Å². The molecule has 1 heterocycles. The third-order valence-corrected chi connectivity index (χ3v) is 5.36. The number of rotatable bonds is 3. The van der Waals surface area contributed by atoms with E-state index < -0.39 is 0 Å². The van der Waals surface area contributed by atoms with Crippen molar-refractivity contribution in [2.45, 2.75) is 16.7 Å². The molecular formula is C19H17OS+. The first-order chi connectivity index (χ1) is 10.3. The number of ether oxygens (including phenoxy) is 1. The third kappa shape index (κ3) is 2.81. The molecule has 1 aliphatic rings. The molecule has 1 nitrogen and oxygen atoms in total. The average Bonchev–Trinajstić information content (AvgIpc) is 2.87. The minimum absolute atomic E-state index is 0.162. The minimum Gasteiger partial charge on any atom is -0.411 e. The summed E-state index contributed by atoms with van der Waals surface area (Å²) in [4.78, 5) is 2.53. The largest absolute Gasteiger partial charge is 0.411 e. The molecule has 0 saturated heterocycles. The summed E-state index contributed by atoms with van der Waals surface area (Å²) in [5, 5.41) is 0.984. The zero-order valence-corrected chi connectivity index (χ0v) is 12.8. The number of benzene rings is 2. The van der Waals surface area contributed by atoms with Crippen LogP contribution in [0.2, 0.25) is 0 Å². The van der Waals surface area contributed by atoms with Gasteiger partial charge in [-0.15, -0.1) is 0 Å². The van der Waals surface area contributed by atoms with Crippen molar-refractivity contribution in [1.82, 2.24) is 0 Å². The van der Waals surface area contributed by atoms with Gasteiger partial charge in [0.15, 0.2) is 10.6 Å². The molecule has 0 spiro atoms. The lowest BCUT2D eigenvalue weighted by Crippen LogP contribution is -2.03. The maximum absolute atomic E-state index is 6.04. The van der Waals surface area contributed by atoms with Crippen LogP contribution < -0.4 is 4.74 Å². The zero-order chi connectivity index (χ0) is 14.7. The molecule has 21 heavy (non-hydrogen) atoms. The van der Waals surface area contributed by atoms with Crippen molar-refractivity contribution in [2.75, 3.05) is 0 Å². The molecule has 0 amide bonds. The Kier molecular flexibility index (Phi) is 3.98. The van der Waals surface area contributed by atoms with Gasteiger partial charge in [-0.25, -0.2) is 0 Å². The highest BCUT2D eigenvalue weighted by Gasteiger charge is 2.42. The van der Waals surface area contributed by atoms with Gasteiger partial charge in [-0.2, -0.15) is 0 Å². The molecule has 0 fully saturated rings. The Morgan fingerprint density at radius 1 is 1.00 bits per heavy atom. The van der Waals surface area contributed by atoms with Crippen molar-refractivity contribution in [3.63, 3.8) is 0 Å². The van der Waals surface area contributed by atoms with Gasteiger partial charge in [0.2, 0.25) is 4.90 Å². The predicted molar refractivity (Wildman–Crippen MR) is 89.6 cm³/mol. The lowest BCUT2D eigenvalue weighted by atomic mass is 10.2. The summed E-state index contributed by atoms with van der Waals surface area (Å²) in [6.07, 6.45) is 7.69. The Hall–Kier alpha value is -2.19. The van der Waals surface area contributed by atoms with E-state index in [9.17, 15) is 0 Å². The van der Waals surface area contributed by atoms with Crippen LogP contribution in [0.3, 0.4) is 0 Å². The Morgan fingerprint density at radius 3 is 2.52 bits per heavy atom. The molecule has 0 aromatic heterocycles. The Morgan fingerprint density at radius 2 is 1.76 bits per heavy atom. The predicted octanol–water partition coefficient (Wildman–Crippen LogP) is 5.01. The van der Waals surface area contributed by atoms with Gasteiger partial charge in [0.1, 0.15) is 10.9 Å². The first-order valence-electron chi connectivity index (χ1n) is 6.87. The zero-order valence-electron chi connectivity index (χ0n) is 12.0. The average molecular weight is 293 g/mol. The summed E-state index contributed by atoms with van der Waals surface area (Å²) in [6, 6.07) is 16.9. The number of allylic oxidation sites excluding steroid dienone is 4. The molecule has 0 bridgehead atoms. The Balaban J connectivity index is 2.06. The molecule has 1 atom stereocenters. The molecule has 2 heteroatoms. The molecule has 2 aromatic rings. The quantitative estimate of drug-likeness (QED) is 0.571. The van der Waals surface area contributed by atoms with Crippen molar-refractivity contribution >= 4 is 10.9 Å². The maximum Gasteiger partial charge on any atom is 0.325 e. The van der Waals surface area contributed by atoms with Crippen LogP contribution >= 0.6 is 0 Å².